The summed E-state index contributed by atoms with van der Waals surface area (Å²) < 4.78 is 15.0. The summed E-state index contributed by atoms with van der Waals surface area (Å²) in [5, 5.41) is 0. The van der Waals surface area contributed by atoms with Crippen LogP contribution in [0.4, 0.5) is 10.1 Å². The minimum atomic E-state index is -0.335. The van der Waals surface area contributed by atoms with Crippen molar-refractivity contribution in [2.75, 3.05) is 5.73 Å². The van der Waals surface area contributed by atoms with Crippen LogP contribution in [0.15, 0.2) is 36.7 Å². The van der Waals surface area contributed by atoms with Gasteiger partial charge in [-0.25, -0.2) is 9.37 Å². The van der Waals surface area contributed by atoms with E-state index in [1.807, 2.05) is 10.6 Å². The maximum absolute atomic E-state index is 13.1. The van der Waals surface area contributed by atoms with E-state index in [0.29, 0.717) is 5.69 Å². The Kier molecular flexibility index (Phi) is 2.52. The van der Waals surface area contributed by atoms with Crippen LogP contribution < -0.4 is 5.73 Å². The number of halogens is 1. The summed E-state index contributed by atoms with van der Waals surface area (Å²) in [7, 11) is 0. The van der Waals surface area contributed by atoms with Crippen LogP contribution >= 0.6 is 0 Å². The highest BCUT2D eigenvalue weighted by Crippen LogP contribution is 2.25. The normalized spacial score (nSPS) is 11.1. The first-order chi connectivity index (χ1) is 9.06. The number of benzene rings is 2. The molecule has 4 heteroatoms. The third-order valence-corrected chi connectivity index (χ3v) is 3.41. The fourth-order valence-electron chi connectivity index (χ4n) is 2.20. The predicted molar refractivity (Wildman–Crippen MR) is 74.9 cm³/mol. The number of nitrogens with two attached hydrogens (primary N) is 1. The number of rotatable bonds is 1. The molecule has 0 aliphatic carbocycles. The zero-order valence-electron chi connectivity index (χ0n) is 10.8. The molecule has 0 spiro atoms. The number of nitrogens with zero attached hydrogens (tertiary/aromatic N) is 2. The van der Waals surface area contributed by atoms with E-state index in [1.165, 1.54) is 23.3 Å². The van der Waals surface area contributed by atoms with Crippen LogP contribution in [0, 0.1) is 19.7 Å². The van der Waals surface area contributed by atoms with Crippen molar-refractivity contribution in [3.8, 4) is 5.69 Å². The lowest BCUT2D eigenvalue weighted by molar-refractivity contribution is 0.628. The molecule has 0 aliphatic heterocycles. The minimum Gasteiger partial charge on any atom is -0.397 e. The Balaban J connectivity index is 2.28. The molecular weight excluding hydrogens is 241 g/mol. The molecule has 96 valence electrons. The van der Waals surface area contributed by atoms with Gasteiger partial charge < -0.3 is 5.73 Å². The second kappa shape index (κ2) is 4.09. The quantitative estimate of drug-likeness (QED) is 0.677. The third-order valence-electron chi connectivity index (χ3n) is 3.41. The maximum atomic E-state index is 13.1. The van der Waals surface area contributed by atoms with Gasteiger partial charge in [-0.15, -0.1) is 0 Å². The third kappa shape index (κ3) is 1.85. The average molecular weight is 255 g/mol. The van der Waals surface area contributed by atoms with E-state index in [9.17, 15) is 4.39 Å². The van der Waals surface area contributed by atoms with Crippen LogP contribution in [0.5, 0.6) is 0 Å². The molecule has 0 aliphatic rings. The SMILES string of the molecule is Cc1cc2ncn(-c3ccc(F)cc3N)c2cc1C. The summed E-state index contributed by atoms with van der Waals surface area (Å²) in [6.45, 7) is 4.11. The first-order valence-corrected chi connectivity index (χ1v) is 6.06. The molecule has 3 rings (SSSR count). The molecular formula is C15H14FN3. The van der Waals surface area contributed by atoms with E-state index < -0.39 is 0 Å². The highest BCUT2D eigenvalue weighted by atomic mass is 19.1. The van der Waals surface area contributed by atoms with E-state index >= 15 is 0 Å². The number of fused-ring (bicyclic) bond motifs is 1. The summed E-state index contributed by atoms with van der Waals surface area (Å²) >= 11 is 0. The van der Waals surface area contributed by atoms with Crippen molar-refractivity contribution >= 4 is 16.7 Å². The van der Waals surface area contributed by atoms with Gasteiger partial charge >= 0.3 is 0 Å². The second-order valence-electron chi connectivity index (χ2n) is 4.74. The Morgan fingerprint density at radius 1 is 1.11 bits per heavy atom. The Hall–Kier alpha value is -2.36. The lowest BCUT2D eigenvalue weighted by Crippen LogP contribution is -1.99. The topological polar surface area (TPSA) is 43.8 Å². The number of anilines is 1. The summed E-state index contributed by atoms with van der Waals surface area (Å²) in [6.07, 6.45) is 1.72. The van der Waals surface area contributed by atoms with Crippen LogP contribution in [0.25, 0.3) is 16.7 Å². The fraction of sp³-hybridized carbons (Fsp3) is 0.133. The van der Waals surface area contributed by atoms with Gasteiger partial charge in [-0.1, -0.05) is 0 Å². The van der Waals surface area contributed by atoms with Crippen molar-refractivity contribution in [2.45, 2.75) is 13.8 Å². The molecule has 0 bridgehead atoms. The number of nitrogen functional groups attached to an aromatic ring is 1. The van der Waals surface area contributed by atoms with E-state index in [4.69, 9.17) is 5.73 Å². The minimum absolute atomic E-state index is 0.335. The fourth-order valence-corrected chi connectivity index (χ4v) is 2.20. The van der Waals surface area contributed by atoms with Gasteiger partial charge in [0.05, 0.1) is 22.4 Å². The highest BCUT2D eigenvalue weighted by molar-refractivity contribution is 5.80. The van der Waals surface area contributed by atoms with Crippen molar-refractivity contribution in [3.63, 3.8) is 0 Å². The van der Waals surface area contributed by atoms with Crippen molar-refractivity contribution in [2.24, 2.45) is 0 Å². The van der Waals surface area contributed by atoms with Crippen LogP contribution in [0.2, 0.25) is 0 Å². The average Bonchev–Trinajstić information content (AvgIpc) is 2.73. The van der Waals surface area contributed by atoms with Crippen molar-refractivity contribution in [1.29, 1.82) is 0 Å². The van der Waals surface area contributed by atoms with Crippen LogP contribution in [0.1, 0.15) is 11.1 Å². The lowest BCUT2D eigenvalue weighted by atomic mass is 10.1. The van der Waals surface area contributed by atoms with Gasteiger partial charge in [0.2, 0.25) is 0 Å². The molecule has 2 N–H and O–H groups in total. The molecule has 0 amide bonds. The number of aromatic nitrogens is 2. The first kappa shape index (κ1) is 11.7. The highest BCUT2D eigenvalue weighted by Gasteiger charge is 2.09. The molecule has 1 aromatic heterocycles. The molecule has 0 saturated heterocycles. The molecule has 2 aromatic carbocycles. The molecule has 0 saturated carbocycles. The number of imidazole rings is 1. The van der Waals surface area contributed by atoms with Gasteiger partial charge in [-0.05, 0) is 55.3 Å². The lowest BCUT2D eigenvalue weighted by Gasteiger charge is -2.09. The Morgan fingerprint density at radius 2 is 1.84 bits per heavy atom. The van der Waals surface area contributed by atoms with Gasteiger partial charge in [-0.3, -0.25) is 4.57 Å². The zero-order valence-corrected chi connectivity index (χ0v) is 10.8. The van der Waals surface area contributed by atoms with E-state index in [0.717, 1.165) is 16.7 Å². The monoisotopic (exact) mass is 255 g/mol. The standard InChI is InChI=1S/C15H14FN3/c1-9-5-13-15(6-10(9)2)19(8-18-13)14-4-3-11(16)7-12(14)17/h3-8H,17H2,1-2H3. The Labute approximate surface area is 110 Å². The van der Waals surface area contributed by atoms with Gasteiger partial charge in [0.15, 0.2) is 0 Å². The smallest absolute Gasteiger partial charge is 0.125 e. The van der Waals surface area contributed by atoms with Crippen LogP contribution in [0.3, 0.4) is 0 Å². The molecule has 0 unspecified atom stereocenters. The summed E-state index contributed by atoms with van der Waals surface area (Å²) in [5.74, 6) is -0.335. The molecule has 0 radical (unpaired) electrons. The Morgan fingerprint density at radius 3 is 2.58 bits per heavy atom. The zero-order chi connectivity index (χ0) is 13.6. The second-order valence-corrected chi connectivity index (χ2v) is 4.74. The molecule has 0 fully saturated rings. The summed E-state index contributed by atoms with van der Waals surface area (Å²) in [4.78, 5) is 4.37. The molecule has 3 nitrogen and oxygen atoms in total. The number of hydrogen-bond acceptors (Lipinski definition) is 2. The van der Waals surface area contributed by atoms with Crippen molar-refractivity contribution in [1.82, 2.24) is 9.55 Å². The Bertz CT molecular complexity index is 774. The molecule has 3 aromatic rings. The summed E-state index contributed by atoms with van der Waals surface area (Å²) in [6, 6.07) is 8.50. The van der Waals surface area contributed by atoms with Gasteiger partial charge in [-0.2, -0.15) is 0 Å². The van der Waals surface area contributed by atoms with Gasteiger partial charge in [0.25, 0.3) is 0 Å². The maximum Gasteiger partial charge on any atom is 0.125 e. The first-order valence-electron chi connectivity index (χ1n) is 6.06. The largest absolute Gasteiger partial charge is 0.397 e. The number of hydrogen-bond donors (Lipinski definition) is 1. The predicted octanol–water partition coefficient (Wildman–Crippen LogP) is 3.36. The van der Waals surface area contributed by atoms with Crippen molar-refractivity contribution in [3.05, 3.63) is 53.6 Å². The molecule has 0 atom stereocenters. The van der Waals surface area contributed by atoms with Gasteiger partial charge in [0, 0.05) is 0 Å². The van der Waals surface area contributed by atoms with E-state index in [2.05, 4.69) is 24.9 Å². The van der Waals surface area contributed by atoms with Gasteiger partial charge in [0.1, 0.15) is 12.1 Å². The molecule has 1 heterocycles. The van der Waals surface area contributed by atoms with Crippen LogP contribution in [-0.4, -0.2) is 9.55 Å². The molecule has 19 heavy (non-hydrogen) atoms. The van der Waals surface area contributed by atoms with Crippen molar-refractivity contribution < 1.29 is 4.39 Å². The van der Waals surface area contributed by atoms with E-state index in [1.54, 1.807) is 12.4 Å². The van der Waals surface area contributed by atoms with Crippen LogP contribution in [-0.2, 0) is 0 Å². The van der Waals surface area contributed by atoms with E-state index in [-0.39, 0.29) is 5.82 Å². The summed E-state index contributed by atoms with van der Waals surface area (Å²) in [5.41, 5.74) is 11.3. The number of aryl methyl sites for hydroxylation is 2.